The average molecular weight is 897 g/mol. The van der Waals surface area contributed by atoms with Crippen LogP contribution in [0.1, 0.15) is 0 Å². The molecule has 0 radical (unpaired) electrons. The normalized spacial score (nSPS) is 11.8. The van der Waals surface area contributed by atoms with Crippen LogP contribution in [0.3, 0.4) is 0 Å². The van der Waals surface area contributed by atoms with Crippen LogP contribution >= 0.6 is 11.3 Å². The molecule has 0 aliphatic carbocycles. The van der Waals surface area contributed by atoms with Crippen LogP contribution in [0.5, 0.6) is 0 Å². The molecule has 0 aliphatic rings. The second-order valence-electron chi connectivity index (χ2n) is 17.7. The molecule has 0 amide bonds. The van der Waals surface area contributed by atoms with E-state index in [-0.39, 0.29) is 0 Å². The van der Waals surface area contributed by atoms with E-state index in [1.165, 1.54) is 48.4 Å². The molecule has 5 heteroatoms. The van der Waals surface area contributed by atoms with E-state index >= 15 is 0 Å². The van der Waals surface area contributed by atoms with Crippen LogP contribution in [0, 0.1) is 0 Å². The van der Waals surface area contributed by atoms with Crippen LogP contribution in [0.15, 0.2) is 243 Å². The molecule has 0 aliphatic heterocycles. The summed E-state index contributed by atoms with van der Waals surface area (Å²) >= 11 is 1.76. The Labute approximate surface area is 402 Å². The van der Waals surface area contributed by atoms with Crippen molar-refractivity contribution < 1.29 is 0 Å². The highest BCUT2D eigenvalue weighted by molar-refractivity contribution is 7.26. The summed E-state index contributed by atoms with van der Waals surface area (Å²) in [7, 11) is 0. The van der Waals surface area contributed by atoms with Gasteiger partial charge in [0.1, 0.15) is 0 Å². The van der Waals surface area contributed by atoms with Gasteiger partial charge in [-0.25, -0.2) is 9.97 Å². The minimum atomic E-state index is 0.712. The summed E-state index contributed by atoms with van der Waals surface area (Å²) in [4.78, 5) is 10.8. The first-order chi connectivity index (χ1) is 34.2. The summed E-state index contributed by atoms with van der Waals surface area (Å²) < 4.78 is 7.21. The number of benzene rings is 10. The van der Waals surface area contributed by atoms with E-state index in [0.717, 1.165) is 77.1 Å². The van der Waals surface area contributed by atoms with Crippen LogP contribution in [0.25, 0.3) is 131 Å². The highest BCUT2D eigenvalue weighted by atomic mass is 32.1. The third-order valence-corrected chi connectivity index (χ3v) is 14.9. The Morgan fingerprint density at radius 2 is 0.812 bits per heavy atom. The third kappa shape index (κ3) is 6.36. The van der Waals surface area contributed by atoms with Gasteiger partial charge in [-0.05, 0) is 82.9 Å². The van der Waals surface area contributed by atoms with E-state index in [1.54, 1.807) is 11.3 Å². The fraction of sp³-hybridized carbons (Fsp3) is 0. The highest BCUT2D eigenvalue weighted by Gasteiger charge is 2.25. The molecular formula is C64H40N4S. The molecule has 0 fully saturated rings. The number of hydrogen-bond donors (Lipinski definition) is 0. The van der Waals surface area contributed by atoms with Crippen molar-refractivity contribution in [2.75, 3.05) is 0 Å². The van der Waals surface area contributed by atoms with Gasteiger partial charge in [-0.15, -0.1) is 11.3 Å². The maximum atomic E-state index is 5.50. The molecule has 4 nitrogen and oxygen atoms in total. The van der Waals surface area contributed by atoms with Gasteiger partial charge in [0.15, 0.2) is 5.82 Å². The number of fused-ring (bicyclic) bond motifs is 9. The topological polar surface area (TPSA) is 35.6 Å². The van der Waals surface area contributed by atoms with Gasteiger partial charge in [0.2, 0.25) is 0 Å². The zero-order chi connectivity index (χ0) is 45.4. The van der Waals surface area contributed by atoms with Crippen molar-refractivity contribution in [1.29, 1.82) is 0 Å². The molecule has 0 bridgehead atoms. The summed E-state index contributed by atoms with van der Waals surface area (Å²) in [6.07, 6.45) is 0. The first kappa shape index (κ1) is 39.3. The Kier molecular flexibility index (Phi) is 9.04. The summed E-state index contributed by atoms with van der Waals surface area (Å²) in [5.41, 5.74) is 17.6. The third-order valence-electron chi connectivity index (χ3n) is 13.7. The second kappa shape index (κ2) is 15.9. The van der Waals surface area contributed by atoms with Gasteiger partial charge < -0.3 is 9.13 Å². The molecule has 322 valence electrons. The molecule has 0 spiro atoms. The number of rotatable bonds is 7. The minimum absolute atomic E-state index is 0.712. The van der Waals surface area contributed by atoms with E-state index in [9.17, 15) is 0 Å². The molecule has 0 N–H and O–H groups in total. The van der Waals surface area contributed by atoms with Crippen LogP contribution < -0.4 is 0 Å². The van der Waals surface area contributed by atoms with Crippen molar-refractivity contribution in [3.8, 4) is 67.4 Å². The number of aromatic nitrogens is 4. The maximum Gasteiger partial charge on any atom is 0.160 e. The maximum absolute atomic E-state index is 5.50. The van der Waals surface area contributed by atoms with Crippen molar-refractivity contribution in [3.63, 3.8) is 0 Å². The Balaban J connectivity index is 1.11. The molecule has 4 heterocycles. The summed E-state index contributed by atoms with van der Waals surface area (Å²) in [5.74, 6) is 0.712. The minimum Gasteiger partial charge on any atom is -0.309 e. The number of nitrogens with zero attached hydrogens (tertiary/aromatic N) is 4. The lowest BCUT2D eigenvalue weighted by atomic mass is 9.91. The van der Waals surface area contributed by atoms with Gasteiger partial charge >= 0.3 is 0 Å². The lowest BCUT2D eigenvalue weighted by molar-refractivity contribution is 1.17. The summed E-state index contributed by atoms with van der Waals surface area (Å²) in [6.45, 7) is 0. The van der Waals surface area contributed by atoms with Crippen molar-refractivity contribution in [2.45, 2.75) is 0 Å². The molecule has 14 aromatic rings. The first-order valence-corrected chi connectivity index (χ1v) is 24.2. The molecular weight excluding hydrogens is 857 g/mol. The molecule has 0 saturated carbocycles. The predicted molar refractivity (Wildman–Crippen MR) is 291 cm³/mol. The molecule has 4 aromatic heterocycles. The van der Waals surface area contributed by atoms with E-state index in [4.69, 9.17) is 9.97 Å². The quantitative estimate of drug-likeness (QED) is 0.160. The largest absolute Gasteiger partial charge is 0.309 e. The Morgan fingerprint density at radius 1 is 0.319 bits per heavy atom. The zero-order valence-corrected chi connectivity index (χ0v) is 38.1. The lowest BCUT2D eigenvalue weighted by Crippen LogP contribution is -2.03. The van der Waals surface area contributed by atoms with Crippen LogP contribution in [0.2, 0.25) is 0 Å². The summed E-state index contributed by atoms with van der Waals surface area (Å²) in [6, 6.07) is 87.8. The lowest BCUT2D eigenvalue weighted by Gasteiger charge is -2.21. The fourth-order valence-corrected chi connectivity index (χ4v) is 11.7. The van der Waals surface area contributed by atoms with E-state index in [1.807, 2.05) is 6.07 Å². The Hall–Kier alpha value is -8.90. The number of para-hydroxylation sites is 2. The van der Waals surface area contributed by atoms with Gasteiger partial charge in [-0.1, -0.05) is 182 Å². The van der Waals surface area contributed by atoms with Crippen molar-refractivity contribution >= 4 is 75.3 Å². The molecule has 0 saturated heterocycles. The van der Waals surface area contributed by atoms with Crippen molar-refractivity contribution in [1.82, 2.24) is 19.1 Å². The molecule has 0 atom stereocenters. The molecule has 0 unspecified atom stereocenters. The fourth-order valence-electron chi connectivity index (χ4n) is 10.6. The molecule has 10 aromatic carbocycles. The predicted octanol–water partition coefficient (Wildman–Crippen LogP) is 17.4. The number of thiophene rings is 1. The number of hydrogen-bond acceptors (Lipinski definition) is 3. The van der Waals surface area contributed by atoms with Gasteiger partial charge in [-0.2, -0.15) is 0 Å². The SMILES string of the molecule is c1ccc(-c2ccc3c(c2)c2cc(-n4c5ccccc5c5ccccc54)ccc2n3-c2c(-c3ccccc3)cc(-c3nc(-c4ccccc4)nc4c3sc3ccccc34)cc2-c2ccccc2)cc1. The van der Waals surface area contributed by atoms with Gasteiger partial charge in [0.05, 0.1) is 43.7 Å². The monoisotopic (exact) mass is 896 g/mol. The molecule has 14 rings (SSSR count). The van der Waals surface area contributed by atoms with E-state index in [0.29, 0.717) is 5.82 Å². The second-order valence-corrected chi connectivity index (χ2v) is 18.7. The molecule has 69 heavy (non-hydrogen) atoms. The van der Waals surface area contributed by atoms with Crippen LogP contribution in [-0.4, -0.2) is 19.1 Å². The van der Waals surface area contributed by atoms with Gasteiger partial charge in [0.25, 0.3) is 0 Å². The van der Waals surface area contributed by atoms with Gasteiger partial charge in [-0.3, -0.25) is 0 Å². The van der Waals surface area contributed by atoms with Crippen LogP contribution in [0.4, 0.5) is 0 Å². The Morgan fingerprint density at radius 3 is 1.43 bits per heavy atom. The average Bonchev–Trinajstić information content (AvgIpc) is 4.08. The van der Waals surface area contributed by atoms with E-state index < -0.39 is 0 Å². The van der Waals surface area contributed by atoms with Crippen LogP contribution in [-0.2, 0) is 0 Å². The first-order valence-electron chi connectivity index (χ1n) is 23.4. The van der Waals surface area contributed by atoms with Crippen molar-refractivity contribution in [3.05, 3.63) is 243 Å². The highest BCUT2D eigenvalue weighted by Crippen LogP contribution is 2.47. The van der Waals surface area contributed by atoms with E-state index in [2.05, 4.69) is 246 Å². The zero-order valence-electron chi connectivity index (χ0n) is 37.3. The smallest absolute Gasteiger partial charge is 0.160 e. The van der Waals surface area contributed by atoms with Crippen molar-refractivity contribution in [2.24, 2.45) is 0 Å². The van der Waals surface area contributed by atoms with Gasteiger partial charge in [0, 0.05) is 59.6 Å². The Bertz CT molecular complexity index is 4170. The summed E-state index contributed by atoms with van der Waals surface area (Å²) in [5, 5.41) is 6.00. The standard InChI is InChI=1S/C64H40N4S/c1-5-19-41(20-6-1)45-33-35-57-53(37-45)54-40-47(67-55-30-16-13-27-48(55)49-28-14-17-31-56(49)67)34-36-58(54)68(57)62-51(42-21-7-2-8-22-42)38-46(39-52(62)43-23-9-3-10-24-43)60-63-61(50-29-15-18-32-59(50)69-63)66-64(65-60)44-25-11-4-12-26-44/h1-40H.